The van der Waals surface area contributed by atoms with Crippen LogP contribution in [0.2, 0.25) is 0 Å². The number of amides is 4. The standard InChI is InChI=1S/C9H11N3O4/c10-8(15)5-1-2-7(14)12(5)9(16)4-3-6(13)11-4/h4-5H,1-3H2,(H2,10,15)(H,11,13). The fourth-order valence-corrected chi connectivity index (χ4v) is 1.91. The van der Waals surface area contributed by atoms with Gasteiger partial charge in [-0.2, -0.15) is 0 Å². The first-order chi connectivity index (χ1) is 7.50. The first-order valence-corrected chi connectivity index (χ1v) is 4.95. The molecule has 2 aliphatic rings. The zero-order valence-electron chi connectivity index (χ0n) is 8.43. The quantitative estimate of drug-likeness (QED) is 0.413. The summed E-state index contributed by atoms with van der Waals surface area (Å²) in [7, 11) is 0. The van der Waals surface area contributed by atoms with E-state index in [1.807, 2.05) is 0 Å². The van der Waals surface area contributed by atoms with Crippen molar-refractivity contribution in [1.82, 2.24) is 10.2 Å². The summed E-state index contributed by atoms with van der Waals surface area (Å²) in [5.41, 5.74) is 5.10. The molecule has 2 unspecified atom stereocenters. The molecule has 2 aliphatic heterocycles. The summed E-state index contributed by atoms with van der Waals surface area (Å²) < 4.78 is 0. The third kappa shape index (κ3) is 1.54. The van der Waals surface area contributed by atoms with Crippen molar-refractivity contribution < 1.29 is 19.2 Å². The van der Waals surface area contributed by atoms with E-state index in [1.54, 1.807) is 0 Å². The van der Waals surface area contributed by atoms with Crippen LogP contribution in [0.4, 0.5) is 0 Å². The van der Waals surface area contributed by atoms with Gasteiger partial charge in [0.25, 0.3) is 5.91 Å². The van der Waals surface area contributed by atoms with E-state index in [4.69, 9.17) is 5.73 Å². The number of imide groups is 1. The Morgan fingerprint density at radius 2 is 2.00 bits per heavy atom. The molecule has 4 amide bonds. The Hall–Kier alpha value is -1.92. The van der Waals surface area contributed by atoms with E-state index in [0.717, 1.165) is 4.90 Å². The summed E-state index contributed by atoms with van der Waals surface area (Å²) in [6.45, 7) is 0. The zero-order chi connectivity index (χ0) is 11.9. The number of hydrogen-bond donors (Lipinski definition) is 2. The maximum atomic E-state index is 11.8. The van der Waals surface area contributed by atoms with Crippen LogP contribution in [0.25, 0.3) is 0 Å². The highest BCUT2D eigenvalue weighted by molar-refractivity contribution is 6.07. The van der Waals surface area contributed by atoms with Gasteiger partial charge in [0.2, 0.25) is 17.7 Å². The molecule has 0 aromatic rings. The molecule has 0 aromatic carbocycles. The Bertz CT molecular complexity index is 384. The highest BCUT2D eigenvalue weighted by Crippen LogP contribution is 2.21. The maximum absolute atomic E-state index is 11.8. The molecule has 3 N–H and O–H groups in total. The van der Waals surface area contributed by atoms with E-state index in [-0.39, 0.29) is 25.2 Å². The predicted octanol–water partition coefficient (Wildman–Crippen LogP) is -2.12. The van der Waals surface area contributed by atoms with Crippen LogP contribution in [-0.2, 0) is 19.2 Å². The molecule has 0 aromatic heterocycles. The second-order valence-electron chi connectivity index (χ2n) is 3.88. The van der Waals surface area contributed by atoms with Crippen LogP contribution in [0.3, 0.4) is 0 Å². The molecule has 2 fully saturated rings. The van der Waals surface area contributed by atoms with Gasteiger partial charge in [0.05, 0.1) is 6.42 Å². The summed E-state index contributed by atoms with van der Waals surface area (Å²) in [4.78, 5) is 45.8. The van der Waals surface area contributed by atoms with Gasteiger partial charge in [-0.05, 0) is 6.42 Å². The van der Waals surface area contributed by atoms with Crippen LogP contribution in [0.15, 0.2) is 0 Å². The Labute approximate surface area is 90.9 Å². The van der Waals surface area contributed by atoms with E-state index in [2.05, 4.69) is 5.32 Å². The van der Waals surface area contributed by atoms with Crippen LogP contribution in [0, 0.1) is 0 Å². The van der Waals surface area contributed by atoms with Gasteiger partial charge in [-0.3, -0.25) is 24.1 Å². The van der Waals surface area contributed by atoms with Gasteiger partial charge in [0.15, 0.2) is 0 Å². The highest BCUT2D eigenvalue weighted by Gasteiger charge is 2.44. The Kier molecular flexibility index (Phi) is 2.37. The number of carbonyl (C=O) groups is 4. The van der Waals surface area contributed by atoms with Crippen molar-refractivity contribution in [2.75, 3.05) is 0 Å². The lowest BCUT2D eigenvalue weighted by atomic mass is 10.0. The lowest BCUT2D eigenvalue weighted by Gasteiger charge is -2.30. The number of hydrogen-bond acceptors (Lipinski definition) is 4. The van der Waals surface area contributed by atoms with Crippen molar-refractivity contribution in [2.45, 2.75) is 31.3 Å². The van der Waals surface area contributed by atoms with Crippen LogP contribution >= 0.6 is 0 Å². The summed E-state index contributed by atoms with van der Waals surface area (Å²) in [5.74, 6) is -1.87. The van der Waals surface area contributed by atoms with Gasteiger partial charge in [-0.1, -0.05) is 0 Å². The second-order valence-corrected chi connectivity index (χ2v) is 3.88. The van der Waals surface area contributed by atoms with Gasteiger partial charge in [0, 0.05) is 6.42 Å². The molecule has 0 spiro atoms. The number of nitrogens with zero attached hydrogens (tertiary/aromatic N) is 1. The molecular formula is C9H11N3O4. The number of nitrogens with two attached hydrogens (primary N) is 1. The van der Waals surface area contributed by atoms with Crippen molar-refractivity contribution in [2.24, 2.45) is 5.73 Å². The van der Waals surface area contributed by atoms with E-state index in [1.165, 1.54) is 0 Å². The number of primary amides is 1. The summed E-state index contributed by atoms with van der Waals surface area (Å²) in [6, 6.07) is -1.55. The van der Waals surface area contributed by atoms with Gasteiger partial charge in [-0.15, -0.1) is 0 Å². The summed E-state index contributed by atoms with van der Waals surface area (Å²) in [5, 5.41) is 2.36. The van der Waals surface area contributed by atoms with E-state index in [9.17, 15) is 19.2 Å². The molecule has 0 bridgehead atoms. The fourth-order valence-electron chi connectivity index (χ4n) is 1.91. The zero-order valence-corrected chi connectivity index (χ0v) is 8.43. The molecule has 0 aliphatic carbocycles. The minimum Gasteiger partial charge on any atom is -0.368 e. The number of rotatable bonds is 2. The van der Waals surface area contributed by atoms with E-state index in [0.29, 0.717) is 0 Å². The molecule has 86 valence electrons. The highest BCUT2D eigenvalue weighted by atomic mass is 16.2. The van der Waals surface area contributed by atoms with E-state index >= 15 is 0 Å². The second kappa shape index (κ2) is 3.58. The first kappa shape index (κ1) is 10.6. The monoisotopic (exact) mass is 225 g/mol. The molecule has 0 saturated carbocycles. The first-order valence-electron chi connectivity index (χ1n) is 4.95. The molecule has 16 heavy (non-hydrogen) atoms. The van der Waals surface area contributed by atoms with Crippen molar-refractivity contribution >= 4 is 23.6 Å². The topological polar surface area (TPSA) is 110 Å². The largest absolute Gasteiger partial charge is 0.368 e. The van der Waals surface area contributed by atoms with Crippen molar-refractivity contribution in [3.8, 4) is 0 Å². The van der Waals surface area contributed by atoms with E-state index < -0.39 is 29.8 Å². The molecule has 2 rings (SSSR count). The molecule has 2 saturated heterocycles. The molecule has 7 heteroatoms. The lowest BCUT2D eigenvalue weighted by molar-refractivity contribution is -0.152. The average Bonchev–Trinajstić information content (AvgIpc) is 2.54. The smallest absolute Gasteiger partial charge is 0.253 e. The molecule has 7 nitrogen and oxygen atoms in total. The molecule has 2 heterocycles. The Morgan fingerprint density at radius 1 is 1.38 bits per heavy atom. The van der Waals surface area contributed by atoms with Gasteiger partial charge >= 0.3 is 0 Å². The number of β-lactam (4-membered cyclic amide) rings is 1. The SMILES string of the molecule is NC(=O)C1CCC(=O)N1C(=O)C1CC(=O)N1. The Balaban J connectivity index is 2.11. The third-order valence-corrected chi connectivity index (χ3v) is 2.80. The molecule has 2 atom stereocenters. The number of nitrogens with one attached hydrogen (secondary N) is 1. The maximum Gasteiger partial charge on any atom is 0.253 e. The summed E-state index contributed by atoms with van der Waals surface area (Å²) in [6.07, 6.45) is 0.467. The Morgan fingerprint density at radius 3 is 2.50 bits per heavy atom. The average molecular weight is 225 g/mol. The van der Waals surface area contributed by atoms with Crippen LogP contribution < -0.4 is 11.1 Å². The normalized spacial score (nSPS) is 28.6. The number of likely N-dealkylation sites (tertiary alicyclic amines) is 1. The van der Waals surface area contributed by atoms with Crippen LogP contribution in [0.5, 0.6) is 0 Å². The lowest BCUT2D eigenvalue weighted by Crippen LogP contribution is -2.60. The minimum absolute atomic E-state index is 0.0636. The molecular weight excluding hydrogens is 214 g/mol. The van der Waals surface area contributed by atoms with Crippen molar-refractivity contribution in [3.05, 3.63) is 0 Å². The summed E-state index contributed by atoms with van der Waals surface area (Å²) >= 11 is 0. The van der Waals surface area contributed by atoms with Crippen LogP contribution in [-0.4, -0.2) is 40.6 Å². The van der Waals surface area contributed by atoms with Gasteiger partial charge in [0.1, 0.15) is 12.1 Å². The minimum atomic E-state index is -0.863. The third-order valence-electron chi connectivity index (χ3n) is 2.80. The predicted molar refractivity (Wildman–Crippen MR) is 50.6 cm³/mol. The van der Waals surface area contributed by atoms with Gasteiger partial charge < -0.3 is 11.1 Å². The number of carbonyl (C=O) groups excluding carboxylic acids is 4. The van der Waals surface area contributed by atoms with Gasteiger partial charge in [-0.25, -0.2) is 0 Å². The molecule has 0 radical (unpaired) electrons. The fraction of sp³-hybridized carbons (Fsp3) is 0.556. The van der Waals surface area contributed by atoms with Crippen molar-refractivity contribution in [1.29, 1.82) is 0 Å². The van der Waals surface area contributed by atoms with Crippen LogP contribution in [0.1, 0.15) is 19.3 Å². The van der Waals surface area contributed by atoms with Crippen molar-refractivity contribution in [3.63, 3.8) is 0 Å².